The van der Waals surface area contributed by atoms with Gasteiger partial charge >= 0.3 is 0 Å². The summed E-state index contributed by atoms with van der Waals surface area (Å²) in [5.41, 5.74) is 2.04. The number of benzene rings is 2. The molecule has 2 rings (SSSR count). The Morgan fingerprint density at radius 3 is 2.57 bits per heavy atom. The van der Waals surface area contributed by atoms with E-state index in [0.29, 0.717) is 36.3 Å². The van der Waals surface area contributed by atoms with E-state index in [4.69, 9.17) is 27.9 Å². The molecule has 0 heterocycles. The number of halogens is 2. The van der Waals surface area contributed by atoms with Crippen molar-refractivity contribution >= 4 is 23.2 Å². The van der Waals surface area contributed by atoms with Crippen LogP contribution in [-0.2, 0) is 17.9 Å². The van der Waals surface area contributed by atoms with E-state index < -0.39 is 6.10 Å². The zero-order chi connectivity index (χ0) is 16.7. The quantitative estimate of drug-likeness (QED) is 0.778. The molecule has 0 saturated heterocycles. The van der Waals surface area contributed by atoms with Gasteiger partial charge in [-0.25, -0.2) is 0 Å². The number of aliphatic hydroxyl groups excluding tert-OH is 1. The average molecular weight is 354 g/mol. The summed E-state index contributed by atoms with van der Waals surface area (Å²) in [5, 5.41) is 11.2. The monoisotopic (exact) mass is 353 g/mol. The number of rotatable bonds is 8. The number of nitrogens with zero attached hydrogens (tertiary/aromatic N) is 1. The van der Waals surface area contributed by atoms with Crippen LogP contribution in [0.5, 0.6) is 0 Å². The Hall–Kier alpha value is -1.10. The molecule has 0 unspecified atom stereocenters. The molecule has 0 amide bonds. The summed E-state index contributed by atoms with van der Waals surface area (Å²) in [4.78, 5) is 1.99. The zero-order valence-corrected chi connectivity index (χ0v) is 14.6. The highest BCUT2D eigenvalue weighted by atomic mass is 35.5. The van der Waals surface area contributed by atoms with Crippen molar-refractivity contribution in [3.63, 3.8) is 0 Å². The molecule has 3 nitrogen and oxygen atoms in total. The summed E-state index contributed by atoms with van der Waals surface area (Å²) in [6.07, 6.45) is -0.554. The third kappa shape index (κ3) is 6.13. The van der Waals surface area contributed by atoms with E-state index in [9.17, 15) is 5.11 Å². The molecule has 0 aliphatic rings. The van der Waals surface area contributed by atoms with Gasteiger partial charge in [0.15, 0.2) is 0 Å². The third-order valence-corrected chi connectivity index (χ3v) is 4.27. The van der Waals surface area contributed by atoms with Crippen LogP contribution in [0.2, 0.25) is 10.0 Å². The van der Waals surface area contributed by atoms with E-state index in [-0.39, 0.29) is 0 Å². The second kappa shape index (κ2) is 9.26. The SMILES string of the molecule is CN(Cc1cccc(Cl)c1Cl)C[C@H](O)COCc1ccccc1. The van der Waals surface area contributed by atoms with Crippen LogP contribution in [0.3, 0.4) is 0 Å². The van der Waals surface area contributed by atoms with Crippen molar-refractivity contribution in [3.8, 4) is 0 Å². The Kier molecular flexibility index (Phi) is 7.34. The highest BCUT2D eigenvalue weighted by Gasteiger charge is 2.11. The van der Waals surface area contributed by atoms with Gasteiger partial charge in [0, 0.05) is 13.1 Å². The van der Waals surface area contributed by atoms with Crippen molar-refractivity contribution in [1.82, 2.24) is 4.90 Å². The van der Waals surface area contributed by atoms with Crippen LogP contribution >= 0.6 is 23.2 Å². The second-order valence-corrected chi connectivity index (χ2v) is 6.35. The lowest BCUT2D eigenvalue weighted by atomic mass is 10.2. The van der Waals surface area contributed by atoms with Crippen LogP contribution in [-0.4, -0.2) is 36.3 Å². The second-order valence-electron chi connectivity index (χ2n) is 5.56. The van der Waals surface area contributed by atoms with Gasteiger partial charge in [0.1, 0.15) is 0 Å². The smallest absolute Gasteiger partial charge is 0.0900 e. The molecule has 0 fully saturated rings. The molecule has 0 radical (unpaired) electrons. The predicted octanol–water partition coefficient (Wildman–Crippen LogP) is 4.00. The van der Waals surface area contributed by atoms with Gasteiger partial charge in [0.2, 0.25) is 0 Å². The Balaban J connectivity index is 1.74. The first-order valence-corrected chi connectivity index (χ1v) is 8.23. The number of ether oxygens (including phenoxy) is 1. The van der Waals surface area contributed by atoms with Gasteiger partial charge in [0.05, 0.1) is 29.4 Å². The van der Waals surface area contributed by atoms with Gasteiger partial charge in [0.25, 0.3) is 0 Å². The molecule has 0 spiro atoms. The summed E-state index contributed by atoms with van der Waals surface area (Å²) < 4.78 is 5.55. The third-order valence-electron chi connectivity index (χ3n) is 3.42. The van der Waals surface area contributed by atoms with Crippen molar-refractivity contribution in [1.29, 1.82) is 0 Å². The standard InChI is InChI=1S/C18H21Cl2NO2/c1-21(10-15-8-5-9-17(19)18(15)20)11-16(22)13-23-12-14-6-3-2-4-7-14/h2-9,16,22H,10-13H2,1H3/t16-/m0/s1. The number of hydrogen-bond donors (Lipinski definition) is 1. The molecule has 23 heavy (non-hydrogen) atoms. The minimum absolute atomic E-state index is 0.294. The van der Waals surface area contributed by atoms with Gasteiger partial charge in [-0.2, -0.15) is 0 Å². The fourth-order valence-electron chi connectivity index (χ4n) is 2.33. The molecule has 5 heteroatoms. The normalized spacial score (nSPS) is 12.6. The van der Waals surface area contributed by atoms with Gasteiger partial charge in [-0.3, -0.25) is 4.90 Å². The van der Waals surface area contributed by atoms with Crippen LogP contribution in [0.4, 0.5) is 0 Å². The van der Waals surface area contributed by atoms with Crippen molar-refractivity contribution in [2.75, 3.05) is 20.2 Å². The molecular formula is C18H21Cl2NO2. The first kappa shape index (κ1) is 18.2. The molecule has 2 aromatic carbocycles. The minimum atomic E-state index is -0.554. The van der Waals surface area contributed by atoms with Gasteiger partial charge < -0.3 is 9.84 Å². The zero-order valence-electron chi connectivity index (χ0n) is 13.1. The van der Waals surface area contributed by atoms with E-state index in [0.717, 1.165) is 11.1 Å². The van der Waals surface area contributed by atoms with Crippen molar-refractivity contribution in [2.24, 2.45) is 0 Å². The molecule has 1 N–H and O–H groups in total. The van der Waals surface area contributed by atoms with E-state index in [1.54, 1.807) is 6.07 Å². The fourth-order valence-corrected chi connectivity index (χ4v) is 2.71. The van der Waals surface area contributed by atoms with Crippen LogP contribution in [0, 0.1) is 0 Å². The molecule has 0 aromatic heterocycles. The lowest BCUT2D eigenvalue weighted by Gasteiger charge is -2.21. The molecule has 0 aliphatic heterocycles. The van der Waals surface area contributed by atoms with Crippen molar-refractivity contribution in [3.05, 3.63) is 69.7 Å². The molecule has 0 aliphatic carbocycles. The molecule has 1 atom stereocenters. The highest BCUT2D eigenvalue weighted by Crippen LogP contribution is 2.26. The van der Waals surface area contributed by atoms with Gasteiger partial charge in [-0.1, -0.05) is 65.7 Å². The summed E-state index contributed by atoms with van der Waals surface area (Å²) in [7, 11) is 1.93. The number of aliphatic hydroxyl groups is 1. The van der Waals surface area contributed by atoms with Gasteiger partial charge in [-0.05, 0) is 24.2 Å². The summed E-state index contributed by atoms with van der Waals surface area (Å²) in [5.74, 6) is 0. The minimum Gasteiger partial charge on any atom is -0.389 e. The van der Waals surface area contributed by atoms with Crippen molar-refractivity contribution in [2.45, 2.75) is 19.3 Å². The maximum atomic E-state index is 10.1. The summed E-state index contributed by atoms with van der Waals surface area (Å²) in [6, 6.07) is 15.5. The Bertz CT molecular complexity index is 607. The maximum absolute atomic E-state index is 10.1. The lowest BCUT2D eigenvalue weighted by molar-refractivity contribution is 0.0127. The van der Waals surface area contributed by atoms with E-state index in [2.05, 4.69) is 0 Å². The molecular weight excluding hydrogens is 333 g/mol. The van der Waals surface area contributed by atoms with Crippen LogP contribution < -0.4 is 0 Å². The van der Waals surface area contributed by atoms with Gasteiger partial charge in [-0.15, -0.1) is 0 Å². The topological polar surface area (TPSA) is 32.7 Å². The fraction of sp³-hybridized carbons (Fsp3) is 0.333. The molecule has 124 valence electrons. The first-order valence-electron chi connectivity index (χ1n) is 7.47. The predicted molar refractivity (Wildman–Crippen MR) is 94.9 cm³/mol. The highest BCUT2D eigenvalue weighted by molar-refractivity contribution is 6.42. The Labute approximate surface area is 147 Å². The average Bonchev–Trinajstić information content (AvgIpc) is 2.53. The Morgan fingerprint density at radius 1 is 1.09 bits per heavy atom. The number of likely N-dealkylation sites (N-methyl/N-ethyl adjacent to an activating group) is 1. The molecule has 0 saturated carbocycles. The molecule has 0 bridgehead atoms. The van der Waals surface area contributed by atoms with E-state index in [1.165, 1.54) is 0 Å². The summed E-state index contributed by atoms with van der Waals surface area (Å²) in [6.45, 7) is 1.91. The van der Waals surface area contributed by atoms with Crippen LogP contribution in [0.25, 0.3) is 0 Å². The largest absolute Gasteiger partial charge is 0.389 e. The number of hydrogen-bond acceptors (Lipinski definition) is 3. The summed E-state index contributed by atoms with van der Waals surface area (Å²) >= 11 is 12.2. The lowest BCUT2D eigenvalue weighted by Crippen LogP contribution is -2.32. The van der Waals surface area contributed by atoms with E-state index >= 15 is 0 Å². The van der Waals surface area contributed by atoms with Crippen LogP contribution in [0.1, 0.15) is 11.1 Å². The van der Waals surface area contributed by atoms with Crippen LogP contribution in [0.15, 0.2) is 48.5 Å². The maximum Gasteiger partial charge on any atom is 0.0900 e. The first-order chi connectivity index (χ1) is 11.1. The van der Waals surface area contributed by atoms with Crippen molar-refractivity contribution < 1.29 is 9.84 Å². The Morgan fingerprint density at radius 2 is 1.83 bits per heavy atom. The van der Waals surface area contributed by atoms with E-state index in [1.807, 2.05) is 54.4 Å². The molecule has 2 aromatic rings.